The van der Waals surface area contributed by atoms with E-state index in [9.17, 15) is 0 Å². The highest BCUT2D eigenvalue weighted by Crippen LogP contribution is 2.43. The summed E-state index contributed by atoms with van der Waals surface area (Å²) in [4.78, 5) is 5.24. The molecule has 8 rings (SSSR count). The number of para-hydroxylation sites is 2. The van der Waals surface area contributed by atoms with E-state index in [1.165, 1.54) is 58.1 Å². The third kappa shape index (κ3) is 2.32. The van der Waals surface area contributed by atoms with Gasteiger partial charge in [-0.05, 0) is 29.7 Å². The van der Waals surface area contributed by atoms with Gasteiger partial charge < -0.3 is 0 Å². The van der Waals surface area contributed by atoms with Gasteiger partial charge in [-0.1, -0.05) is 84.9 Å². The minimum Gasteiger partial charge on any atom is -0.293 e. The van der Waals surface area contributed by atoms with E-state index < -0.39 is 0 Å². The number of fused-ring (bicyclic) bond motifs is 10. The molecule has 8 aromatic rings. The summed E-state index contributed by atoms with van der Waals surface area (Å²) in [6.45, 7) is 0. The molecular weight excluding hydrogens is 432 g/mol. The van der Waals surface area contributed by atoms with Crippen molar-refractivity contribution in [2.45, 2.75) is 0 Å². The third-order valence-electron chi connectivity index (χ3n) is 6.98. The maximum atomic E-state index is 5.24. The lowest BCUT2D eigenvalue weighted by molar-refractivity contribution is 1.12. The van der Waals surface area contributed by atoms with Crippen molar-refractivity contribution in [2.75, 3.05) is 0 Å². The summed E-state index contributed by atoms with van der Waals surface area (Å²) in [5.74, 6) is 0.987. The van der Waals surface area contributed by atoms with Crippen LogP contribution in [-0.4, -0.2) is 9.55 Å². The van der Waals surface area contributed by atoms with Crippen LogP contribution in [0.3, 0.4) is 0 Å². The molecule has 3 heterocycles. The highest BCUT2D eigenvalue weighted by atomic mass is 32.1. The van der Waals surface area contributed by atoms with E-state index in [1.807, 2.05) is 11.3 Å². The maximum Gasteiger partial charge on any atom is 0.146 e. The Morgan fingerprint density at radius 2 is 1.18 bits per heavy atom. The zero-order valence-corrected chi connectivity index (χ0v) is 19.0. The first-order chi connectivity index (χ1) is 16.9. The summed E-state index contributed by atoms with van der Waals surface area (Å²) in [5.41, 5.74) is 3.41. The molecule has 0 saturated carbocycles. The molecule has 0 fully saturated rings. The molecule has 3 heteroatoms. The Hall–Kier alpha value is -4.21. The average molecular weight is 451 g/mol. The zero-order chi connectivity index (χ0) is 22.2. The summed E-state index contributed by atoms with van der Waals surface area (Å²) >= 11 is 1.89. The van der Waals surface area contributed by atoms with Crippen molar-refractivity contribution in [3.63, 3.8) is 0 Å². The minimum absolute atomic E-state index is 0.987. The van der Waals surface area contributed by atoms with Crippen molar-refractivity contribution >= 4 is 75.0 Å². The topological polar surface area (TPSA) is 17.8 Å². The Balaban J connectivity index is 1.62. The minimum atomic E-state index is 0.987. The van der Waals surface area contributed by atoms with Crippen LogP contribution in [0.2, 0.25) is 0 Å². The molecule has 0 unspecified atom stereocenters. The summed E-state index contributed by atoms with van der Waals surface area (Å²) in [7, 11) is 0. The first-order valence-electron chi connectivity index (χ1n) is 11.5. The number of benzene rings is 5. The summed E-state index contributed by atoms with van der Waals surface area (Å²) in [6, 6.07) is 39.1. The summed E-state index contributed by atoms with van der Waals surface area (Å²) in [5, 5.41) is 8.83. The molecular formula is C31H18N2S. The van der Waals surface area contributed by atoms with E-state index in [1.54, 1.807) is 0 Å². The molecule has 5 aromatic carbocycles. The fourth-order valence-electron chi connectivity index (χ4n) is 5.52. The van der Waals surface area contributed by atoms with Gasteiger partial charge in [0.15, 0.2) is 0 Å². The van der Waals surface area contributed by atoms with Gasteiger partial charge in [-0.2, -0.15) is 0 Å². The molecule has 3 aromatic heterocycles. The van der Waals surface area contributed by atoms with Gasteiger partial charge in [0, 0.05) is 41.7 Å². The number of aromatic nitrogens is 2. The number of hydrogen-bond donors (Lipinski definition) is 0. The van der Waals surface area contributed by atoms with Crippen LogP contribution in [0, 0.1) is 0 Å². The molecule has 0 saturated heterocycles. The fourth-order valence-corrected chi connectivity index (χ4v) is 6.78. The van der Waals surface area contributed by atoms with Crippen LogP contribution in [-0.2, 0) is 0 Å². The largest absolute Gasteiger partial charge is 0.293 e. The van der Waals surface area contributed by atoms with Crippen LogP contribution >= 0.6 is 11.3 Å². The third-order valence-corrected chi connectivity index (χ3v) is 8.18. The van der Waals surface area contributed by atoms with Crippen molar-refractivity contribution in [2.24, 2.45) is 0 Å². The van der Waals surface area contributed by atoms with E-state index in [4.69, 9.17) is 4.98 Å². The van der Waals surface area contributed by atoms with Crippen molar-refractivity contribution in [3.8, 4) is 5.82 Å². The Morgan fingerprint density at radius 3 is 2.06 bits per heavy atom. The predicted molar refractivity (Wildman–Crippen MR) is 146 cm³/mol. The fraction of sp³-hybridized carbons (Fsp3) is 0. The number of thiophene rings is 1. The first kappa shape index (κ1) is 18.2. The Bertz CT molecular complexity index is 2080. The molecule has 0 aliphatic rings. The molecule has 0 aliphatic carbocycles. The molecule has 0 radical (unpaired) electrons. The Morgan fingerprint density at radius 1 is 0.500 bits per heavy atom. The van der Waals surface area contributed by atoms with Gasteiger partial charge in [-0.15, -0.1) is 11.3 Å². The van der Waals surface area contributed by atoms with Gasteiger partial charge in [0.25, 0.3) is 0 Å². The van der Waals surface area contributed by atoms with Crippen LogP contribution in [0.4, 0.5) is 0 Å². The maximum absolute atomic E-state index is 5.24. The van der Waals surface area contributed by atoms with Crippen molar-refractivity contribution in [3.05, 3.63) is 109 Å². The quantitative estimate of drug-likeness (QED) is 0.228. The number of rotatable bonds is 1. The molecule has 158 valence electrons. The SMILES string of the molecule is c1ccc2c(c1)nc(-n1c3ccccc3c3c4sc5ccccc5c4ccc31)c1ccccc12. The zero-order valence-electron chi connectivity index (χ0n) is 18.2. The summed E-state index contributed by atoms with van der Waals surface area (Å²) in [6.07, 6.45) is 0. The lowest BCUT2D eigenvalue weighted by atomic mass is 10.1. The van der Waals surface area contributed by atoms with Gasteiger partial charge in [0.2, 0.25) is 0 Å². The van der Waals surface area contributed by atoms with E-state index >= 15 is 0 Å². The molecule has 2 nitrogen and oxygen atoms in total. The monoisotopic (exact) mass is 450 g/mol. The van der Waals surface area contributed by atoms with Crippen LogP contribution < -0.4 is 0 Å². The lowest BCUT2D eigenvalue weighted by Crippen LogP contribution is -1.99. The van der Waals surface area contributed by atoms with Gasteiger partial charge >= 0.3 is 0 Å². The first-order valence-corrected chi connectivity index (χ1v) is 12.3. The number of hydrogen-bond acceptors (Lipinski definition) is 2. The second-order valence-electron chi connectivity index (χ2n) is 8.79. The van der Waals surface area contributed by atoms with E-state index in [0.717, 1.165) is 11.3 Å². The van der Waals surface area contributed by atoms with E-state index in [2.05, 4.69) is 114 Å². The lowest BCUT2D eigenvalue weighted by Gasteiger charge is -2.13. The van der Waals surface area contributed by atoms with E-state index in [0.29, 0.717) is 0 Å². The Labute approximate surface area is 199 Å². The predicted octanol–water partition coefficient (Wildman–Crippen LogP) is 8.85. The molecule has 0 N–H and O–H groups in total. The highest BCUT2D eigenvalue weighted by Gasteiger charge is 2.19. The summed E-state index contributed by atoms with van der Waals surface area (Å²) < 4.78 is 5.04. The Kier molecular flexibility index (Phi) is 3.57. The van der Waals surface area contributed by atoms with E-state index in [-0.39, 0.29) is 0 Å². The molecule has 0 atom stereocenters. The molecule has 0 bridgehead atoms. The highest BCUT2D eigenvalue weighted by molar-refractivity contribution is 7.26. The van der Waals surface area contributed by atoms with Gasteiger partial charge in [-0.3, -0.25) is 4.57 Å². The van der Waals surface area contributed by atoms with Crippen LogP contribution in [0.5, 0.6) is 0 Å². The second-order valence-corrected chi connectivity index (χ2v) is 9.84. The van der Waals surface area contributed by atoms with Gasteiger partial charge in [0.1, 0.15) is 5.82 Å². The normalized spacial score (nSPS) is 12.1. The smallest absolute Gasteiger partial charge is 0.146 e. The number of pyridine rings is 1. The molecule has 0 amide bonds. The molecule has 0 spiro atoms. The molecule has 34 heavy (non-hydrogen) atoms. The van der Waals surface area contributed by atoms with Gasteiger partial charge in [-0.25, -0.2) is 4.98 Å². The van der Waals surface area contributed by atoms with Crippen LogP contribution in [0.15, 0.2) is 109 Å². The van der Waals surface area contributed by atoms with Crippen molar-refractivity contribution in [1.82, 2.24) is 9.55 Å². The molecule has 0 aliphatic heterocycles. The standard InChI is InChI=1S/C31H18N2S/c1-2-12-23-19(9-1)20-10-3-6-14-25(20)32-31(23)33-26-15-7-4-13-24(26)29-27(33)18-17-22-21-11-5-8-16-28(21)34-30(22)29/h1-18H. The van der Waals surface area contributed by atoms with Crippen LogP contribution in [0.1, 0.15) is 0 Å². The number of nitrogens with zero attached hydrogens (tertiary/aromatic N) is 2. The van der Waals surface area contributed by atoms with Crippen LogP contribution in [0.25, 0.3) is 69.5 Å². The van der Waals surface area contributed by atoms with Crippen molar-refractivity contribution in [1.29, 1.82) is 0 Å². The van der Waals surface area contributed by atoms with Gasteiger partial charge in [0.05, 0.1) is 16.6 Å². The second kappa shape index (κ2) is 6.66. The average Bonchev–Trinajstić information content (AvgIpc) is 3.44. The van der Waals surface area contributed by atoms with Crippen molar-refractivity contribution < 1.29 is 0 Å².